The Labute approximate surface area is 151 Å². The van der Waals surface area contributed by atoms with Crippen molar-refractivity contribution in [3.63, 3.8) is 0 Å². The van der Waals surface area contributed by atoms with Crippen LogP contribution in [0.1, 0.15) is 59.8 Å². The van der Waals surface area contributed by atoms with Crippen LogP contribution in [0.15, 0.2) is 23.3 Å². The molecule has 1 aliphatic heterocycles. The van der Waals surface area contributed by atoms with Crippen LogP contribution >= 0.6 is 0 Å². The van der Waals surface area contributed by atoms with Gasteiger partial charge in [-0.2, -0.15) is 0 Å². The Morgan fingerprint density at radius 1 is 1.32 bits per heavy atom. The van der Waals surface area contributed by atoms with E-state index in [-0.39, 0.29) is 6.61 Å². The van der Waals surface area contributed by atoms with Crippen LogP contribution in [0.5, 0.6) is 0 Å². The summed E-state index contributed by atoms with van der Waals surface area (Å²) in [7, 11) is 0. The maximum absolute atomic E-state index is 10.2. The number of ether oxygens (including phenoxy) is 2. The van der Waals surface area contributed by atoms with Crippen molar-refractivity contribution < 1.29 is 24.8 Å². The van der Waals surface area contributed by atoms with Gasteiger partial charge in [-0.15, -0.1) is 0 Å². The summed E-state index contributed by atoms with van der Waals surface area (Å²) < 4.78 is 11.8. The van der Waals surface area contributed by atoms with Crippen LogP contribution in [-0.2, 0) is 9.47 Å². The van der Waals surface area contributed by atoms with Crippen LogP contribution in [0.2, 0.25) is 0 Å². The highest BCUT2D eigenvalue weighted by Crippen LogP contribution is 2.39. The Balaban J connectivity index is 2.12. The fraction of sp³-hybridized carbons (Fsp3) is 0.800. The number of rotatable bonds is 6. The second-order valence-corrected chi connectivity index (χ2v) is 8.02. The van der Waals surface area contributed by atoms with Crippen LogP contribution < -0.4 is 0 Å². The minimum absolute atomic E-state index is 0.0311. The largest absolute Gasteiger partial charge is 0.388 e. The molecule has 1 saturated heterocycles. The van der Waals surface area contributed by atoms with E-state index < -0.39 is 30.2 Å². The molecule has 144 valence electrons. The second kappa shape index (κ2) is 8.78. The van der Waals surface area contributed by atoms with Crippen LogP contribution in [0, 0.1) is 5.92 Å². The predicted octanol–water partition coefficient (Wildman–Crippen LogP) is 2.69. The fourth-order valence-electron chi connectivity index (χ4n) is 3.67. The maximum Gasteiger partial charge on any atom is 0.186 e. The van der Waals surface area contributed by atoms with E-state index in [9.17, 15) is 15.3 Å². The van der Waals surface area contributed by atoms with Gasteiger partial charge in [0, 0.05) is 0 Å². The van der Waals surface area contributed by atoms with Crippen molar-refractivity contribution >= 4 is 0 Å². The summed E-state index contributed by atoms with van der Waals surface area (Å²) in [6, 6.07) is 0. The van der Waals surface area contributed by atoms with Crippen molar-refractivity contribution in [1.82, 2.24) is 0 Å². The number of aliphatic hydroxyl groups excluding tert-OH is 3. The molecule has 5 nitrogen and oxygen atoms in total. The Morgan fingerprint density at radius 2 is 2.04 bits per heavy atom. The molecule has 0 spiro atoms. The molecule has 0 saturated carbocycles. The van der Waals surface area contributed by atoms with Gasteiger partial charge >= 0.3 is 0 Å². The van der Waals surface area contributed by atoms with E-state index in [1.54, 1.807) is 0 Å². The summed E-state index contributed by atoms with van der Waals surface area (Å²) >= 11 is 0. The number of hydrogen-bond acceptors (Lipinski definition) is 5. The minimum atomic E-state index is -1.24. The highest BCUT2D eigenvalue weighted by atomic mass is 16.7. The number of aliphatic hydroxyl groups is 3. The van der Waals surface area contributed by atoms with Gasteiger partial charge in [0.25, 0.3) is 0 Å². The van der Waals surface area contributed by atoms with E-state index in [0.717, 1.165) is 32.1 Å². The first-order valence-corrected chi connectivity index (χ1v) is 9.35. The van der Waals surface area contributed by atoms with E-state index in [0.29, 0.717) is 5.92 Å². The van der Waals surface area contributed by atoms with E-state index in [1.807, 2.05) is 0 Å². The molecule has 25 heavy (non-hydrogen) atoms. The summed E-state index contributed by atoms with van der Waals surface area (Å²) in [4.78, 5) is 0. The van der Waals surface area contributed by atoms with Crippen molar-refractivity contribution in [2.24, 2.45) is 5.92 Å². The first kappa shape index (κ1) is 20.6. The SMILES string of the molecule is CC(C)=CCC[C@](C)(O[C@@H]1OC[C@@H](O)[C@H](O)[C@H]1O)[C@H]1CC=C(C)CC1. The third-order valence-corrected chi connectivity index (χ3v) is 5.53. The molecule has 2 rings (SSSR count). The van der Waals surface area contributed by atoms with Gasteiger partial charge in [0.15, 0.2) is 6.29 Å². The molecular formula is C20H34O5. The van der Waals surface area contributed by atoms with Crippen LogP contribution in [0.3, 0.4) is 0 Å². The maximum atomic E-state index is 10.2. The summed E-state index contributed by atoms with van der Waals surface area (Å²) in [5.41, 5.74) is 2.22. The van der Waals surface area contributed by atoms with Crippen molar-refractivity contribution in [2.45, 2.75) is 90.0 Å². The van der Waals surface area contributed by atoms with Gasteiger partial charge in [-0.3, -0.25) is 0 Å². The molecule has 1 heterocycles. The first-order chi connectivity index (χ1) is 11.7. The van der Waals surface area contributed by atoms with E-state index in [2.05, 4.69) is 39.8 Å². The van der Waals surface area contributed by atoms with E-state index in [4.69, 9.17) is 9.47 Å². The third-order valence-electron chi connectivity index (χ3n) is 5.53. The van der Waals surface area contributed by atoms with Gasteiger partial charge in [-0.05, 0) is 65.7 Å². The Kier molecular flexibility index (Phi) is 7.23. The molecule has 0 aromatic rings. The van der Waals surface area contributed by atoms with Crippen molar-refractivity contribution in [3.8, 4) is 0 Å². The average molecular weight is 354 g/mol. The monoisotopic (exact) mass is 354 g/mol. The lowest BCUT2D eigenvalue weighted by molar-refractivity contribution is -0.307. The molecule has 0 aromatic carbocycles. The van der Waals surface area contributed by atoms with Crippen molar-refractivity contribution in [1.29, 1.82) is 0 Å². The van der Waals surface area contributed by atoms with Crippen molar-refractivity contribution in [2.75, 3.05) is 6.61 Å². The second-order valence-electron chi connectivity index (χ2n) is 8.02. The fourth-order valence-corrected chi connectivity index (χ4v) is 3.67. The molecule has 1 aliphatic carbocycles. The first-order valence-electron chi connectivity index (χ1n) is 9.35. The lowest BCUT2D eigenvalue weighted by Crippen LogP contribution is -2.56. The summed E-state index contributed by atoms with van der Waals surface area (Å²) in [5.74, 6) is 0.335. The molecule has 3 N–H and O–H groups in total. The van der Waals surface area contributed by atoms with Crippen LogP contribution in [-0.4, -0.2) is 52.1 Å². The van der Waals surface area contributed by atoms with Crippen molar-refractivity contribution in [3.05, 3.63) is 23.3 Å². The lowest BCUT2D eigenvalue weighted by atomic mass is 9.76. The standard InChI is InChI=1S/C20H34O5/c1-13(2)6-5-11-20(4,15-9-7-14(3)8-10-15)25-19-18(23)17(22)16(21)12-24-19/h6-7,15-19,21-23H,5,8-12H2,1-4H3/t15-,16+,17-,18+,19-,20-/m0/s1. The van der Waals surface area contributed by atoms with E-state index >= 15 is 0 Å². The molecule has 5 heteroatoms. The van der Waals surface area contributed by atoms with Gasteiger partial charge in [-0.25, -0.2) is 0 Å². The zero-order valence-corrected chi connectivity index (χ0v) is 15.9. The highest BCUT2D eigenvalue weighted by Gasteiger charge is 2.44. The topological polar surface area (TPSA) is 79.2 Å². The smallest absolute Gasteiger partial charge is 0.186 e. The zero-order valence-electron chi connectivity index (χ0n) is 15.9. The Hall–Kier alpha value is -0.720. The van der Waals surface area contributed by atoms with Gasteiger partial charge < -0.3 is 24.8 Å². The third kappa shape index (κ3) is 5.38. The van der Waals surface area contributed by atoms with Gasteiger partial charge in [0.2, 0.25) is 0 Å². The average Bonchev–Trinajstić information content (AvgIpc) is 2.56. The summed E-state index contributed by atoms with van der Waals surface area (Å²) in [5, 5.41) is 29.8. The summed E-state index contributed by atoms with van der Waals surface area (Å²) in [6.45, 7) is 8.37. The molecular weight excluding hydrogens is 320 g/mol. The molecule has 2 aliphatic rings. The molecule has 0 unspecified atom stereocenters. The highest BCUT2D eigenvalue weighted by molar-refractivity contribution is 5.07. The number of allylic oxidation sites excluding steroid dienone is 4. The van der Waals surface area contributed by atoms with Gasteiger partial charge in [-0.1, -0.05) is 23.3 Å². The molecule has 0 aromatic heterocycles. The molecule has 1 fully saturated rings. The predicted molar refractivity (Wildman–Crippen MR) is 97.0 cm³/mol. The zero-order chi connectivity index (χ0) is 18.6. The number of hydrogen-bond donors (Lipinski definition) is 3. The lowest BCUT2D eigenvalue weighted by Gasteiger charge is -2.44. The molecule has 0 radical (unpaired) electrons. The molecule has 6 atom stereocenters. The molecule has 0 bridgehead atoms. The summed E-state index contributed by atoms with van der Waals surface area (Å²) in [6.07, 6.45) is 4.76. The Morgan fingerprint density at radius 3 is 2.64 bits per heavy atom. The normalized spacial score (nSPS) is 35.6. The Bertz CT molecular complexity index is 496. The van der Waals surface area contributed by atoms with Gasteiger partial charge in [0.1, 0.15) is 18.3 Å². The molecule has 0 amide bonds. The quantitative estimate of drug-likeness (QED) is 0.639. The minimum Gasteiger partial charge on any atom is -0.388 e. The van der Waals surface area contributed by atoms with E-state index in [1.165, 1.54) is 11.1 Å². The van der Waals surface area contributed by atoms with Crippen LogP contribution in [0.4, 0.5) is 0 Å². The van der Waals surface area contributed by atoms with Crippen LogP contribution in [0.25, 0.3) is 0 Å². The van der Waals surface area contributed by atoms with Gasteiger partial charge in [0.05, 0.1) is 12.2 Å².